The molecule has 1 unspecified atom stereocenters. The van der Waals surface area contributed by atoms with E-state index < -0.39 is 24.0 Å². The minimum atomic E-state index is -1.23. The van der Waals surface area contributed by atoms with Gasteiger partial charge in [0.1, 0.15) is 6.10 Å². The summed E-state index contributed by atoms with van der Waals surface area (Å²) in [7, 11) is 0. The molecule has 0 aliphatic heterocycles. The molecule has 0 rings (SSSR count). The molecule has 0 aromatic carbocycles. The monoisotopic (exact) mass is 225 g/mol. The normalized spacial score (nSPS) is 9.33. The first-order valence-electron chi connectivity index (χ1n) is 3.49. The van der Waals surface area contributed by atoms with Gasteiger partial charge in [0, 0.05) is 6.92 Å². The van der Waals surface area contributed by atoms with Gasteiger partial charge in [0.15, 0.2) is 0 Å². The van der Waals surface area contributed by atoms with Gasteiger partial charge in [-0.15, -0.1) is 0 Å². The van der Waals surface area contributed by atoms with Crippen molar-refractivity contribution in [3.05, 3.63) is 0 Å². The molecule has 8 N–H and O–H groups in total. The van der Waals surface area contributed by atoms with Gasteiger partial charge in [0.25, 0.3) is 5.97 Å². The van der Waals surface area contributed by atoms with Crippen LogP contribution in [0, 0.1) is 5.41 Å². The van der Waals surface area contributed by atoms with Crippen LogP contribution in [0.3, 0.4) is 0 Å². The third-order valence-corrected chi connectivity index (χ3v) is 0.478. The van der Waals surface area contributed by atoms with E-state index in [1.54, 1.807) is 0 Å². The highest BCUT2D eigenvalue weighted by atomic mass is 16.5. The van der Waals surface area contributed by atoms with E-state index in [-0.39, 0.29) is 0 Å². The highest BCUT2D eigenvalue weighted by Gasteiger charge is 2.01. The van der Waals surface area contributed by atoms with E-state index in [9.17, 15) is 4.79 Å². The molecule has 0 bridgehead atoms. The number of rotatable bonds is 1. The Morgan fingerprint density at radius 3 is 1.53 bits per heavy atom. The molecule has 0 aromatic rings. The summed E-state index contributed by atoms with van der Waals surface area (Å²) in [4.78, 5) is 18.4. The number of guanidine groups is 1. The van der Waals surface area contributed by atoms with Crippen LogP contribution < -0.4 is 11.2 Å². The van der Waals surface area contributed by atoms with Crippen molar-refractivity contribution in [2.24, 2.45) is 5.73 Å². The fourth-order valence-corrected chi connectivity index (χ4v) is 0. The molecular formula is C6H15N3O6. The summed E-state index contributed by atoms with van der Waals surface area (Å²) in [6, 6.07) is 0. The van der Waals surface area contributed by atoms with Gasteiger partial charge in [0.05, 0.1) is 0 Å². The van der Waals surface area contributed by atoms with Crippen molar-refractivity contribution >= 4 is 17.9 Å². The number of hydroxylamine groups is 1. The van der Waals surface area contributed by atoms with Gasteiger partial charge in [-0.05, 0) is 6.92 Å². The molecular weight excluding hydrogens is 210 g/mol. The van der Waals surface area contributed by atoms with Crippen LogP contribution in [-0.2, 0) is 9.59 Å². The Kier molecular flexibility index (Phi) is 15.2. The highest BCUT2D eigenvalue weighted by Crippen LogP contribution is 1.73. The summed E-state index contributed by atoms with van der Waals surface area (Å²) in [5, 5.41) is 36.9. The van der Waals surface area contributed by atoms with Gasteiger partial charge >= 0.3 is 5.97 Å². The van der Waals surface area contributed by atoms with Crippen molar-refractivity contribution in [2.75, 3.05) is 0 Å². The lowest BCUT2D eigenvalue weighted by molar-refractivity contribution is -0.145. The van der Waals surface area contributed by atoms with Crippen molar-refractivity contribution in [2.45, 2.75) is 20.0 Å². The van der Waals surface area contributed by atoms with Crippen molar-refractivity contribution in [3.8, 4) is 0 Å². The molecule has 0 aromatic heterocycles. The average Bonchev–Trinajstić information content (AvgIpc) is 2.04. The number of nitrogens with two attached hydrogens (primary N) is 1. The second kappa shape index (κ2) is 12.1. The molecule has 0 spiro atoms. The van der Waals surface area contributed by atoms with Crippen molar-refractivity contribution < 1.29 is 30.1 Å². The number of nitrogens with one attached hydrogen (secondary N) is 2. The van der Waals surface area contributed by atoms with Gasteiger partial charge in [-0.25, -0.2) is 10.3 Å². The van der Waals surface area contributed by atoms with Crippen LogP contribution >= 0.6 is 0 Å². The maximum absolute atomic E-state index is 9.45. The Labute approximate surface area is 85.6 Å². The molecule has 0 heterocycles. The van der Waals surface area contributed by atoms with Crippen LogP contribution in [0.4, 0.5) is 0 Å². The van der Waals surface area contributed by atoms with Gasteiger partial charge in [-0.2, -0.15) is 0 Å². The number of aliphatic carboxylic acids is 2. The Morgan fingerprint density at radius 2 is 1.53 bits per heavy atom. The lowest BCUT2D eigenvalue weighted by Crippen LogP contribution is -2.26. The van der Waals surface area contributed by atoms with E-state index in [1.807, 2.05) is 0 Å². The van der Waals surface area contributed by atoms with E-state index in [4.69, 9.17) is 30.7 Å². The Bertz CT molecular complexity index is 201. The fraction of sp³-hybridized carbons (Fsp3) is 0.500. The average molecular weight is 225 g/mol. The molecule has 9 heteroatoms. The number of hydrogen-bond acceptors (Lipinski definition) is 5. The molecule has 0 aliphatic carbocycles. The zero-order chi connectivity index (χ0) is 13.0. The summed E-state index contributed by atoms with van der Waals surface area (Å²) in [5.41, 5.74) is 5.90. The van der Waals surface area contributed by atoms with Crippen molar-refractivity contribution in [3.63, 3.8) is 0 Å². The number of carboxylic acid groups (broad SMARTS) is 2. The predicted molar refractivity (Wildman–Crippen MR) is 49.5 cm³/mol. The number of hydrogen-bond donors (Lipinski definition) is 7. The molecule has 15 heavy (non-hydrogen) atoms. The molecule has 0 amide bonds. The van der Waals surface area contributed by atoms with Crippen LogP contribution in [0.5, 0.6) is 0 Å². The predicted octanol–water partition coefficient (Wildman–Crippen LogP) is -1.60. The minimum Gasteiger partial charge on any atom is -0.481 e. The Balaban J connectivity index is -0.000000147. The third kappa shape index (κ3) is 73.0. The van der Waals surface area contributed by atoms with Gasteiger partial charge in [-0.1, -0.05) is 0 Å². The summed E-state index contributed by atoms with van der Waals surface area (Å²) in [6.45, 7) is 2.28. The Morgan fingerprint density at radius 1 is 1.40 bits per heavy atom. The number of carboxylic acids is 2. The second-order valence-electron chi connectivity index (χ2n) is 2.06. The van der Waals surface area contributed by atoms with E-state index >= 15 is 0 Å². The van der Waals surface area contributed by atoms with Gasteiger partial charge < -0.3 is 21.1 Å². The first-order valence-corrected chi connectivity index (χ1v) is 3.49. The van der Waals surface area contributed by atoms with E-state index in [2.05, 4.69) is 5.73 Å². The number of aliphatic hydroxyl groups excluding tert-OH is 1. The summed E-state index contributed by atoms with van der Waals surface area (Å²) >= 11 is 0. The summed E-state index contributed by atoms with van der Waals surface area (Å²) in [5.74, 6) is -2.46. The van der Waals surface area contributed by atoms with Crippen LogP contribution in [0.15, 0.2) is 0 Å². The third-order valence-electron chi connectivity index (χ3n) is 0.478. The summed E-state index contributed by atoms with van der Waals surface area (Å²) < 4.78 is 0. The zero-order valence-electron chi connectivity index (χ0n) is 8.26. The smallest absolute Gasteiger partial charge is 0.332 e. The SMILES string of the molecule is CC(=O)O.CC(O)C(=O)O.N=C(N)NO. The van der Waals surface area contributed by atoms with Crippen molar-refractivity contribution in [1.82, 2.24) is 5.48 Å². The molecule has 0 radical (unpaired) electrons. The van der Waals surface area contributed by atoms with Crippen LogP contribution in [0.25, 0.3) is 0 Å². The molecule has 1 atom stereocenters. The standard InChI is InChI=1S/C3H6O3.C2H4O2.CH5N3O/c1-2(4)3(5)6;1-2(3)4;2-1(3)4-5/h2,4H,1H3,(H,5,6);1H3,(H,3,4);5H,(H4,2,3,4). The van der Waals surface area contributed by atoms with Crippen LogP contribution in [0.1, 0.15) is 13.8 Å². The van der Waals surface area contributed by atoms with E-state index in [0.717, 1.165) is 6.92 Å². The fourth-order valence-electron chi connectivity index (χ4n) is 0. The lowest BCUT2D eigenvalue weighted by atomic mass is 10.4. The summed E-state index contributed by atoms with van der Waals surface area (Å²) in [6.07, 6.45) is -1.23. The topological polar surface area (TPSA) is 177 Å². The first-order chi connectivity index (χ1) is 6.64. The van der Waals surface area contributed by atoms with Gasteiger partial charge in [-0.3, -0.25) is 15.4 Å². The molecule has 0 saturated carbocycles. The lowest BCUT2D eigenvalue weighted by Gasteiger charge is -1.89. The number of carbonyl (C=O) groups is 2. The molecule has 0 fully saturated rings. The highest BCUT2D eigenvalue weighted by molar-refractivity contribution is 5.72. The molecule has 0 aliphatic rings. The maximum Gasteiger partial charge on any atom is 0.332 e. The Hall–Kier alpha value is -1.87. The second-order valence-corrected chi connectivity index (χ2v) is 2.06. The first kappa shape index (κ1) is 18.8. The largest absolute Gasteiger partial charge is 0.481 e. The van der Waals surface area contributed by atoms with E-state index in [0.29, 0.717) is 0 Å². The quantitative estimate of drug-likeness (QED) is 0.158. The van der Waals surface area contributed by atoms with Crippen LogP contribution in [0.2, 0.25) is 0 Å². The van der Waals surface area contributed by atoms with Crippen molar-refractivity contribution in [1.29, 1.82) is 5.41 Å². The number of aliphatic hydroxyl groups is 1. The van der Waals surface area contributed by atoms with E-state index in [1.165, 1.54) is 12.4 Å². The zero-order valence-corrected chi connectivity index (χ0v) is 8.26. The maximum atomic E-state index is 9.45. The molecule has 0 saturated heterocycles. The van der Waals surface area contributed by atoms with Gasteiger partial charge in [0.2, 0.25) is 5.96 Å². The molecule has 9 nitrogen and oxygen atoms in total. The van der Waals surface area contributed by atoms with Crippen LogP contribution in [-0.4, -0.2) is 44.5 Å². The molecule has 90 valence electrons. The minimum absolute atomic E-state index is 0.440.